The van der Waals surface area contributed by atoms with E-state index in [0.717, 1.165) is 25.3 Å². The Balaban J connectivity index is 2.26. The second kappa shape index (κ2) is 6.15. The molecule has 86 valence electrons. The van der Waals surface area contributed by atoms with Crippen LogP contribution in [0.25, 0.3) is 0 Å². The summed E-state index contributed by atoms with van der Waals surface area (Å²) in [6.45, 7) is 6.91. The molecule has 0 amide bonds. The molecule has 1 aliphatic rings. The van der Waals surface area contributed by atoms with Crippen LogP contribution in [-0.4, -0.2) is 37.1 Å². The van der Waals surface area contributed by atoms with E-state index in [-0.39, 0.29) is 0 Å². The SMILES string of the molecule is C#CCCCNC1CC(C)N(C)CC1C. The Bertz CT molecular complexity index is 219. The lowest BCUT2D eigenvalue weighted by atomic mass is 9.90. The summed E-state index contributed by atoms with van der Waals surface area (Å²) in [5, 5.41) is 3.63. The van der Waals surface area contributed by atoms with Crippen LogP contribution in [0.3, 0.4) is 0 Å². The Labute approximate surface area is 94.4 Å². The molecule has 0 aromatic heterocycles. The zero-order valence-corrected chi connectivity index (χ0v) is 10.3. The first-order chi connectivity index (χ1) is 7.15. The van der Waals surface area contributed by atoms with Gasteiger partial charge in [-0.05, 0) is 39.3 Å². The Morgan fingerprint density at radius 3 is 2.87 bits per heavy atom. The Kier molecular flexibility index (Phi) is 5.14. The van der Waals surface area contributed by atoms with E-state index < -0.39 is 0 Å². The monoisotopic (exact) mass is 208 g/mol. The third-order valence-corrected chi connectivity index (χ3v) is 3.51. The summed E-state index contributed by atoms with van der Waals surface area (Å²) in [7, 11) is 2.22. The summed E-state index contributed by atoms with van der Waals surface area (Å²) in [5.74, 6) is 3.43. The molecule has 0 aliphatic carbocycles. The topological polar surface area (TPSA) is 15.3 Å². The molecular formula is C13H24N2. The molecule has 0 bridgehead atoms. The van der Waals surface area contributed by atoms with Crippen LogP contribution in [0, 0.1) is 18.3 Å². The number of terminal acetylenes is 1. The van der Waals surface area contributed by atoms with Gasteiger partial charge in [-0.25, -0.2) is 0 Å². The van der Waals surface area contributed by atoms with Crippen molar-refractivity contribution in [2.45, 2.75) is 45.2 Å². The fourth-order valence-electron chi connectivity index (χ4n) is 2.30. The molecule has 1 N–H and O–H groups in total. The van der Waals surface area contributed by atoms with Gasteiger partial charge in [0.15, 0.2) is 0 Å². The van der Waals surface area contributed by atoms with Crippen LogP contribution in [0.4, 0.5) is 0 Å². The molecular weight excluding hydrogens is 184 g/mol. The van der Waals surface area contributed by atoms with Gasteiger partial charge in [0, 0.05) is 25.0 Å². The van der Waals surface area contributed by atoms with E-state index in [9.17, 15) is 0 Å². The lowest BCUT2D eigenvalue weighted by Crippen LogP contribution is -2.51. The average Bonchev–Trinajstić information content (AvgIpc) is 2.20. The molecule has 1 heterocycles. The van der Waals surface area contributed by atoms with Crippen LogP contribution in [0.5, 0.6) is 0 Å². The van der Waals surface area contributed by atoms with Gasteiger partial charge in [0.1, 0.15) is 0 Å². The van der Waals surface area contributed by atoms with E-state index in [1.807, 2.05) is 0 Å². The maximum atomic E-state index is 5.23. The molecule has 15 heavy (non-hydrogen) atoms. The molecule has 1 saturated heterocycles. The quantitative estimate of drug-likeness (QED) is 0.559. The highest BCUT2D eigenvalue weighted by Crippen LogP contribution is 2.20. The zero-order valence-electron chi connectivity index (χ0n) is 10.3. The predicted octanol–water partition coefficient (Wildman–Crippen LogP) is 1.72. The number of nitrogens with zero attached hydrogens (tertiary/aromatic N) is 1. The fourth-order valence-corrected chi connectivity index (χ4v) is 2.30. The highest BCUT2D eigenvalue weighted by atomic mass is 15.2. The van der Waals surface area contributed by atoms with Crippen molar-refractivity contribution in [2.24, 2.45) is 5.92 Å². The van der Waals surface area contributed by atoms with Gasteiger partial charge >= 0.3 is 0 Å². The highest BCUT2D eigenvalue weighted by Gasteiger charge is 2.27. The number of rotatable bonds is 4. The summed E-state index contributed by atoms with van der Waals surface area (Å²) in [4.78, 5) is 2.45. The molecule has 0 aromatic carbocycles. The van der Waals surface area contributed by atoms with Crippen LogP contribution < -0.4 is 5.32 Å². The Morgan fingerprint density at radius 1 is 1.47 bits per heavy atom. The summed E-state index contributed by atoms with van der Waals surface area (Å²) in [6.07, 6.45) is 8.48. The number of nitrogens with one attached hydrogen (secondary N) is 1. The van der Waals surface area contributed by atoms with Gasteiger partial charge in [-0.2, -0.15) is 0 Å². The molecule has 0 spiro atoms. The van der Waals surface area contributed by atoms with Crippen LogP contribution in [0.15, 0.2) is 0 Å². The Morgan fingerprint density at radius 2 is 2.20 bits per heavy atom. The average molecular weight is 208 g/mol. The molecule has 2 heteroatoms. The van der Waals surface area contributed by atoms with Crippen molar-refractivity contribution in [1.82, 2.24) is 10.2 Å². The van der Waals surface area contributed by atoms with Gasteiger partial charge in [0.25, 0.3) is 0 Å². The molecule has 1 rings (SSSR count). The van der Waals surface area contributed by atoms with Gasteiger partial charge in [-0.15, -0.1) is 12.3 Å². The van der Waals surface area contributed by atoms with E-state index in [1.54, 1.807) is 0 Å². The minimum atomic E-state index is 0.675. The summed E-state index contributed by atoms with van der Waals surface area (Å²) >= 11 is 0. The first-order valence-corrected chi connectivity index (χ1v) is 6.02. The third kappa shape index (κ3) is 3.85. The van der Waals surface area contributed by atoms with Crippen molar-refractivity contribution >= 4 is 0 Å². The minimum absolute atomic E-state index is 0.675. The third-order valence-electron chi connectivity index (χ3n) is 3.51. The van der Waals surface area contributed by atoms with Crippen molar-refractivity contribution < 1.29 is 0 Å². The molecule has 0 aromatic rings. The highest BCUT2D eigenvalue weighted by molar-refractivity contribution is 4.87. The van der Waals surface area contributed by atoms with Gasteiger partial charge in [-0.3, -0.25) is 0 Å². The summed E-state index contributed by atoms with van der Waals surface area (Å²) < 4.78 is 0. The van der Waals surface area contributed by atoms with Gasteiger partial charge < -0.3 is 10.2 Å². The summed E-state index contributed by atoms with van der Waals surface area (Å²) in [5.41, 5.74) is 0. The fraction of sp³-hybridized carbons (Fsp3) is 0.846. The molecule has 1 fully saturated rings. The van der Waals surface area contributed by atoms with E-state index in [4.69, 9.17) is 6.42 Å². The predicted molar refractivity (Wildman–Crippen MR) is 65.7 cm³/mol. The lowest BCUT2D eigenvalue weighted by molar-refractivity contribution is 0.122. The number of unbranched alkanes of at least 4 members (excludes halogenated alkanes) is 1. The van der Waals surface area contributed by atoms with Crippen molar-refractivity contribution in [3.8, 4) is 12.3 Å². The van der Waals surface area contributed by atoms with Crippen molar-refractivity contribution in [3.63, 3.8) is 0 Å². The van der Waals surface area contributed by atoms with Crippen LogP contribution in [0.2, 0.25) is 0 Å². The number of hydrogen-bond acceptors (Lipinski definition) is 2. The normalized spacial score (nSPS) is 32.5. The molecule has 0 saturated carbocycles. The number of piperidine rings is 1. The minimum Gasteiger partial charge on any atom is -0.314 e. The largest absolute Gasteiger partial charge is 0.314 e. The van der Waals surface area contributed by atoms with Crippen molar-refractivity contribution in [3.05, 3.63) is 0 Å². The van der Waals surface area contributed by atoms with Gasteiger partial charge in [0.2, 0.25) is 0 Å². The maximum absolute atomic E-state index is 5.23. The number of hydrogen-bond donors (Lipinski definition) is 1. The zero-order chi connectivity index (χ0) is 11.3. The second-order valence-electron chi connectivity index (χ2n) is 4.87. The number of likely N-dealkylation sites (tertiary alicyclic amines) is 1. The van der Waals surface area contributed by atoms with E-state index in [1.165, 1.54) is 13.0 Å². The molecule has 2 nitrogen and oxygen atoms in total. The Hall–Kier alpha value is -0.520. The van der Waals surface area contributed by atoms with E-state index in [0.29, 0.717) is 12.1 Å². The molecule has 3 atom stereocenters. The maximum Gasteiger partial charge on any atom is 0.0120 e. The van der Waals surface area contributed by atoms with Gasteiger partial charge in [0.05, 0.1) is 0 Å². The van der Waals surface area contributed by atoms with Crippen LogP contribution in [-0.2, 0) is 0 Å². The van der Waals surface area contributed by atoms with Crippen molar-refractivity contribution in [2.75, 3.05) is 20.1 Å². The van der Waals surface area contributed by atoms with Crippen LogP contribution >= 0.6 is 0 Å². The lowest BCUT2D eigenvalue weighted by Gasteiger charge is -2.40. The molecule has 3 unspecified atom stereocenters. The molecule has 0 radical (unpaired) electrons. The van der Waals surface area contributed by atoms with E-state index in [2.05, 4.69) is 37.0 Å². The van der Waals surface area contributed by atoms with Gasteiger partial charge in [-0.1, -0.05) is 6.92 Å². The summed E-state index contributed by atoms with van der Waals surface area (Å²) in [6, 6.07) is 1.38. The smallest absolute Gasteiger partial charge is 0.0120 e. The molecule has 1 aliphatic heterocycles. The standard InChI is InChI=1S/C13H24N2/c1-5-6-7-8-14-13-9-12(3)15(4)10-11(13)2/h1,11-14H,6-10H2,2-4H3. The first-order valence-electron chi connectivity index (χ1n) is 6.02. The first kappa shape index (κ1) is 12.5. The van der Waals surface area contributed by atoms with Crippen LogP contribution in [0.1, 0.15) is 33.1 Å². The van der Waals surface area contributed by atoms with E-state index >= 15 is 0 Å². The van der Waals surface area contributed by atoms with Crippen molar-refractivity contribution in [1.29, 1.82) is 0 Å². The second-order valence-corrected chi connectivity index (χ2v) is 4.87.